The summed E-state index contributed by atoms with van der Waals surface area (Å²) in [7, 11) is 0. The minimum absolute atomic E-state index is 0.183. The number of aryl methyl sites for hydroxylation is 1. The number of carbonyl (C=O) groups is 1. The molecule has 1 aromatic heterocycles. The molecule has 7 heteroatoms. The van der Waals surface area contributed by atoms with Crippen LogP contribution in [0.5, 0.6) is 0 Å². The Kier molecular flexibility index (Phi) is 4.49. The number of nitrogens with one attached hydrogen (secondary N) is 2. The average molecular weight is 297 g/mol. The van der Waals surface area contributed by atoms with Crippen molar-refractivity contribution in [1.82, 2.24) is 15.3 Å². The van der Waals surface area contributed by atoms with Gasteiger partial charge in [-0.1, -0.05) is 11.8 Å². The Morgan fingerprint density at radius 1 is 1.65 bits per heavy atom. The van der Waals surface area contributed by atoms with Crippen LogP contribution in [0.15, 0.2) is 16.0 Å². The lowest BCUT2D eigenvalue weighted by atomic mass is 9.99. The minimum Gasteiger partial charge on any atom is -0.480 e. The quantitative estimate of drug-likeness (QED) is 0.516. The second kappa shape index (κ2) is 5.97. The van der Waals surface area contributed by atoms with Gasteiger partial charge in [0, 0.05) is 23.6 Å². The van der Waals surface area contributed by atoms with Crippen LogP contribution in [0.1, 0.15) is 31.9 Å². The average Bonchev–Trinajstić information content (AvgIpc) is 3.11. The molecule has 2 rings (SSSR count). The van der Waals surface area contributed by atoms with Gasteiger partial charge in [-0.15, -0.1) is 0 Å². The van der Waals surface area contributed by atoms with E-state index in [-0.39, 0.29) is 5.56 Å². The highest BCUT2D eigenvalue weighted by atomic mass is 32.2. The number of aliphatic carboxylic acids is 1. The van der Waals surface area contributed by atoms with Crippen molar-refractivity contribution in [3.63, 3.8) is 0 Å². The molecule has 6 nitrogen and oxygen atoms in total. The van der Waals surface area contributed by atoms with Crippen LogP contribution in [-0.2, 0) is 4.79 Å². The van der Waals surface area contributed by atoms with Crippen molar-refractivity contribution in [3.05, 3.63) is 22.1 Å². The molecule has 1 atom stereocenters. The fraction of sp³-hybridized carbons (Fsp3) is 0.615. The topological polar surface area (TPSA) is 95.1 Å². The van der Waals surface area contributed by atoms with Crippen LogP contribution in [0.2, 0.25) is 0 Å². The lowest BCUT2D eigenvalue weighted by Gasteiger charge is -2.26. The van der Waals surface area contributed by atoms with E-state index in [2.05, 4.69) is 15.3 Å². The number of aromatic nitrogens is 2. The normalized spacial score (nSPS) is 17.7. The van der Waals surface area contributed by atoms with Crippen molar-refractivity contribution in [3.8, 4) is 0 Å². The van der Waals surface area contributed by atoms with Crippen molar-refractivity contribution < 1.29 is 9.90 Å². The molecule has 1 aromatic rings. The fourth-order valence-corrected chi connectivity index (χ4v) is 2.98. The molecule has 0 aliphatic heterocycles. The smallest absolute Gasteiger partial charge is 0.323 e. The maximum atomic E-state index is 11.4. The highest BCUT2D eigenvalue weighted by Crippen LogP contribution is 2.26. The standard InChI is InChI=1S/C13H19N3O3S/c1-8-7-10(17)15-12(14-8)20-6-5-13(2,11(18)19)16-9-3-4-9/h7,9,16H,3-6H2,1-2H3,(H,18,19)(H,14,15,17). The third-order valence-corrected chi connectivity index (χ3v) is 4.14. The molecule has 1 unspecified atom stereocenters. The Balaban J connectivity index is 1.92. The molecule has 1 heterocycles. The summed E-state index contributed by atoms with van der Waals surface area (Å²) in [6.07, 6.45) is 2.56. The van der Waals surface area contributed by atoms with Gasteiger partial charge in [0.05, 0.1) is 0 Å². The van der Waals surface area contributed by atoms with E-state index in [1.165, 1.54) is 17.8 Å². The molecule has 1 fully saturated rings. The minimum atomic E-state index is -0.918. The first kappa shape index (κ1) is 15.1. The van der Waals surface area contributed by atoms with Crippen LogP contribution in [0.25, 0.3) is 0 Å². The summed E-state index contributed by atoms with van der Waals surface area (Å²) >= 11 is 1.37. The van der Waals surface area contributed by atoms with Gasteiger partial charge < -0.3 is 10.1 Å². The number of carboxylic acids is 1. The van der Waals surface area contributed by atoms with E-state index >= 15 is 0 Å². The van der Waals surface area contributed by atoms with E-state index in [1.54, 1.807) is 13.8 Å². The van der Waals surface area contributed by atoms with Gasteiger partial charge in [0.25, 0.3) is 5.56 Å². The Morgan fingerprint density at radius 2 is 2.35 bits per heavy atom. The molecule has 1 saturated carbocycles. The molecule has 0 aromatic carbocycles. The highest BCUT2D eigenvalue weighted by molar-refractivity contribution is 7.99. The molecule has 0 bridgehead atoms. The van der Waals surface area contributed by atoms with E-state index in [1.807, 2.05) is 0 Å². The fourth-order valence-electron chi connectivity index (χ4n) is 1.89. The van der Waals surface area contributed by atoms with Crippen LogP contribution >= 0.6 is 11.8 Å². The van der Waals surface area contributed by atoms with Gasteiger partial charge in [0.2, 0.25) is 0 Å². The molecular formula is C13H19N3O3S. The molecule has 0 amide bonds. The zero-order valence-corrected chi connectivity index (χ0v) is 12.4. The second-order valence-corrected chi connectivity index (χ2v) is 6.43. The van der Waals surface area contributed by atoms with E-state index in [0.29, 0.717) is 29.1 Å². The first-order chi connectivity index (χ1) is 9.39. The lowest BCUT2D eigenvalue weighted by Crippen LogP contribution is -2.51. The van der Waals surface area contributed by atoms with Crippen LogP contribution in [0, 0.1) is 6.92 Å². The first-order valence-corrected chi connectivity index (χ1v) is 7.59. The summed E-state index contributed by atoms with van der Waals surface area (Å²) in [5, 5.41) is 13.1. The van der Waals surface area contributed by atoms with E-state index in [4.69, 9.17) is 0 Å². The summed E-state index contributed by atoms with van der Waals surface area (Å²) < 4.78 is 0. The summed E-state index contributed by atoms with van der Waals surface area (Å²) in [6, 6.07) is 1.76. The van der Waals surface area contributed by atoms with Crippen LogP contribution < -0.4 is 10.9 Å². The van der Waals surface area contributed by atoms with Gasteiger partial charge in [0.1, 0.15) is 5.54 Å². The third-order valence-electron chi connectivity index (χ3n) is 3.26. The monoisotopic (exact) mass is 297 g/mol. The number of H-pyrrole nitrogens is 1. The predicted molar refractivity (Wildman–Crippen MR) is 77.1 cm³/mol. The maximum absolute atomic E-state index is 11.4. The van der Waals surface area contributed by atoms with Crippen LogP contribution in [0.4, 0.5) is 0 Å². The van der Waals surface area contributed by atoms with Gasteiger partial charge in [0.15, 0.2) is 5.16 Å². The molecule has 1 aliphatic rings. The molecule has 0 saturated heterocycles. The van der Waals surface area contributed by atoms with Gasteiger partial charge >= 0.3 is 5.97 Å². The van der Waals surface area contributed by atoms with Gasteiger partial charge in [-0.2, -0.15) is 0 Å². The number of hydrogen-bond acceptors (Lipinski definition) is 5. The van der Waals surface area contributed by atoms with Gasteiger partial charge in [-0.05, 0) is 33.1 Å². The number of rotatable bonds is 7. The third kappa shape index (κ3) is 4.08. The maximum Gasteiger partial charge on any atom is 0.323 e. The number of hydrogen-bond donors (Lipinski definition) is 3. The Labute approximate surface area is 121 Å². The van der Waals surface area contributed by atoms with Crippen molar-refractivity contribution in [2.45, 2.75) is 49.8 Å². The molecule has 110 valence electrons. The van der Waals surface area contributed by atoms with Crippen molar-refractivity contribution in [2.24, 2.45) is 0 Å². The Morgan fingerprint density at radius 3 is 2.90 bits per heavy atom. The number of thioether (sulfide) groups is 1. The zero-order chi connectivity index (χ0) is 14.8. The molecule has 0 radical (unpaired) electrons. The SMILES string of the molecule is Cc1cc(=O)[nH]c(SCCC(C)(NC2CC2)C(=O)O)n1. The second-order valence-electron chi connectivity index (χ2n) is 5.35. The Hall–Kier alpha value is -1.34. The Bertz CT molecular complexity index is 556. The summed E-state index contributed by atoms with van der Waals surface area (Å²) in [5.41, 5.74) is -0.441. The summed E-state index contributed by atoms with van der Waals surface area (Å²) in [5.74, 6) is -0.259. The first-order valence-electron chi connectivity index (χ1n) is 6.61. The van der Waals surface area contributed by atoms with Crippen molar-refractivity contribution >= 4 is 17.7 Å². The molecule has 1 aliphatic carbocycles. The zero-order valence-electron chi connectivity index (χ0n) is 11.6. The van der Waals surface area contributed by atoms with Gasteiger partial charge in [-0.25, -0.2) is 4.98 Å². The number of aromatic amines is 1. The van der Waals surface area contributed by atoms with E-state index < -0.39 is 11.5 Å². The van der Waals surface area contributed by atoms with Crippen LogP contribution in [-0.4, -0.2) is 38.4 Å². The number of carboxylic acid groups (broad SMARTS) is 1. The molecule has 3 N–H and O–H groups in total. The lowest BCUT2D eigenvalue weighted by molar-refractivity contribution is -0.144. The van der Waals surface area contributed by atoms with E-state index in [0.717, 1.165) is 12.8 Å². The molecule has 0 spiro atoms. The van der Waals surface area contributed by atoms with Crippen molar-refractivity contribution in [2.75, 3.05) is 5.75 Å². The largest absolute Gasteiger partial charge is 0.480 e. The summed E-state index contributed by atoms with van der Waals surface area (Å²) in [6.45, 7) is 3.47. The molecule has 20 heavy (non-hydrogen) atoms. The van der Waals surface area contributed by atoms with Gasteiger partial charge in [-0.3, -0.25) is 14.9 Å². The highest BCUT2D eigenvalue weighted by Gasteiger charge is 2.38. The van der Waals surface area contributed by atoms with Crippen LogP contribution in [0.3, 0.4) is 0 Å². The van der Waals surface area contributed by atoms with E-state index in [9.17, 15) is 14.7 Å². The predicted octanol–water partition coefficient (Wildman–Crippen LogP) is 1.16. The number of nitrogens with zero attached hydrogens (tertiary/aromatic N) is 1. The molecular weight excluding hydrogens is 278 g/mol. The summed E-state index contributed by atoms with van der Waals surface area (Å²) in [4.78, 5) is 29.6. The van der Waals surface area contributed by atoms with Crippen molar-refractivity contribution in [1.29, 1.82) is 0 Å².